The number of hydrogen-bond donors (Lipinski definition) is 1. The van der Waals surface area contributed by atoms with Gasteiger partial charge in [0.05, 0.1) is 17.3 Å². The average Bonchev–Trinajstić information content (AvgIpc) is 2.70. The van der Waals surface area contributed by atoms with Gasteiger partial charge in [-0.3, -0.25) is 0 Å². The minimum atomic E-state index is 0.501. The van der Waals surface area contributed by atoms with Gasteiger partial charge in [-0.05, 0) is 19.4 Å². The largest absolute Gasteiger partial charge is 0.381 e. The summed E-state index contributed by atoms with van der Waals surface area (Å²) < 4.78 is 5.38. The van der Waals surface area contributed by atoms with Crippen LogP contribution in [0.3, 0.4) is 0 Å². The summed E-state index contributed by atoms with van der Waals surface area (Å²) in [6.07, 6.45) is 0.935. The Bertz CT molecular complexity index is 323. The summed E-state index contributed by atoms with van der Waals surface area (Å²) in [6.45, 7) is 12.1. The summed E-state index contributed by atoms with van der Waals surface area (Å²) in [5.41, 5.74) is 1.25. The Balaban J connectivity index is 2.66. The Morgan fingerprint density at radius 1 is 1.35 bits per heavy atom. The molecule has 0 aliphatic rings. The van der Waals surface area contributed by atoms with E-state index in [1.165, 1.54) is 15.6 Å². The fourth-order valence-electron chi connectivity index (χ4n) is 1.64. The van der Waals surface area contributed by atoms with Crippen molar-refractivity contribution in [1.29, 1.82) is 0 Å². The molecule has 0 aliphatic heterocycles. The number of hydrogen-bond acceptors (Lipinski definition) is 4. The molecule has 0 atom stereocenters. The summed E-state index contributed by atoms with van der Waals surface area (Å²) in [4.78, 5) is 6.12. The number of aromatic nitrogens is 1. The first-order chi connectivity index (χ1) is 8.19. The summed E-state index contributed by atoms with van der Waals surface area (Å²) in [5, 5.41) is 4.58. The molecule has 0 unspecified atom stereocenters. The van der Waals surface area contributed by atoms with E-state index >= 15 is 0 Å². The molecule has 0 bridgehead atoms. The normalized spacial score (nSPS) is 11.4. The topological polar surface area (TPSA) is 34.1 Å². The van der Waals surface area contributed by atoms with Gasteiger partial charge in [0.25, 0.3) is 0 Å². The van der Waals surface area contributed by atoms with E-state index in [0.29, 0.717) is 5.92 Å². The number of ether oxygens (including phenoxy) is 1. The zero-order valence-electron chi connectivity index (χ0n) is 11.4. The Morgan fingerprint density at radius 3 is 2.71 bits per heavy atom. The molecule has 0 spiro atoms. The van der Waals surface area contributed by atoms with Crippen molar-refractivity contribution in [3.63, 3.8) is 0 Å². The zero-order chi connectivity index (χ0) is 12.7. The second-order valence-corrected chi connectivity index (χ2v) is 5.47. The van der Waals surface area contributed by atoms with Crippen molar-refractivity contribution in [2.45, 2.75) is 46.6 Å². The quantitative estimate of drug-likeness (QED) is 0.726. The first-order valence-electron chi connectivity index (χ1n) is 6.45. The van der Waals surface area contributed by atoms with Crippen molar-refractivity contribution < 1.29 is 4.74 Å². The number of thiazole rings is 1. The molecule has 98 valence electrons. The highest BCUT2D eigenvalue weighted by molar-refractivity contribution is 7.11. The van der Waals surface area contributed by atoms with Crippen molar-refractivity contribution in [2.75, 3.05) is 19.8 Å². The van der Waals surface area contributed by atoms with Crippen LogP contribution in [-0.2, 0) is 17.7 Å². The molecule has 17 heavy (non-hydrogen) atoms. The van der Waals surface area contributed by atoms with E-state index < -0.39 is 0 Å². The van der Waals surface area contributed by atoms with Gasteiger partial charge in [0, 0.05) is 24.4 Å². The molecule has 1 heterocycles. The fraction of sp³-hybridized carbons (Fsp3) is 0.769. The molecule has 4 heteroatoms. The molecule has 0 amide bonds. The minimum absolute atomic E-state index is 0.501. The van der Waals surface area contributed by atoms with Gasteiger partial charge in [-0.2, -0.15) is 0 Å². The summed E-state index contributed by atoms with van der Waals surface area (Å²) in [7, 11) is 0. The maximum absolute atomic E-state index is 5.38. The summed E-state index contributed by atoms with van der Waals surface area (Å²) in [6, 6.07) is 0. The van der Waals surface area contributed by atoms with Crippen LogP contribution in [0, 0.1) is 0 Å². The first kappa shape index (κ1) is 14.6. The highest BCUT2D eigenvalue weighted by atomic mass is 32.1. The van der Waals surface area contributed by atoms with Gasteiger partial charge in [0.1, 0.15) is 0 Å². The van der Waals surface area contributed by atoms with E-state index in [2.05, 4.69) is 26.1 Å². The average molecular weight is 256 g/mol. The van der Waals surface area contributed by atoms with Crippen molar-refractivity contribution in [3.8, 4) is 0 Å². The molecule has 0 saturated heterocycles. The van der Waals surface area contributed by atoms with Crippen LogP contribution in [0.15, 0.2) is 0 Å². The summed E-state index contributed by atoms with van der Waals surface area (Å²) in [5.74, 6) is 0.501. The molecule has 0 saturated carbocycles. The molecule has 1 N–H and O–H groups in total. The molecular weight excluding hydrogens is 232 g/mol. The molecule has 0 radical (unpaired) electrons. The molecule has 1 aromatic rings. The van der Waals surface area contributed by atoms with E-state index in [9.17, 15) is 0 Å². The predicted octanol–water partition coefficient (Wildman–Crippen LogP) is 2.96. The lowest BCUT2D eigenvalue weighted by Crippen LogP contribution is -2.12. The maximum Gasteiger partial charge on any atom is 0.0954 e. The third kappa shape index (κ3) is 4.74. The first-order valence-corrected chi connectivity index (χ1v) is 7.27. The van der Waals surface area contributed by atoms with Gasteiger partial charge >= 0.3 is 0 Å². The van der Waals surface area contributed by atoms with E-state index in [-0.39, 0.29) is 0 Å². The van der Waals surface area contributed by atoms with Crippen molar-refractivity contribution >= 4 is 11.3 Å². The van der Waals surface area contributed by atoms with Crippen LogP contribution in [0.1, 0.15) is 49.2 Å². The number of rotatable bonds is 8. The van der Waals surface area contributed by atoms with E-state index in [4.69, 9.17) is 9.72 Å². The van der Waals surface area contributed by atoms with Gasteiger partial charge < -0.3 is 10.1 Å². The molecule has 0 aromatic carbocycles. The molecule has 3 nitrogen and oxygen atoms in total. The van der Waals surface area contributed by atoms with Gasteiger partial charge in [0.15, 0.2) is 0 Å². The molecule has 1 aromatic heterocycles. The van der Waals surface area contributed by atoms with Crippen LogP contribution in [0.2, 0.25) is 0 Å². The van der Waals surface area contributed by atoms with Gasteiger partial charge in [-0.25, -0.2) is 4.98 Å². The van der Waals surface area contributed by atoms with E-state index in [0.717, 1.165) is 32.7 Å². The van der Waals surface area contributed by atoms with Crippen molar-refractivity contribution in [3.05, 3.63) is 15.6 Å². The van der Waals surface area contributed by atoms with Crippen molar-refractivity contribution in [2.24, 2.45) is 0 Å². The van der Waals surface area contributed by atoms with Crippen LogP contribution in [0.4, 0.5) is 0 Å². The van der Waals surface area contributed by atoms with Crippen LogP contribution in [0.5, 0.6) is 0 Å². The van der Waals surface area contributed by atoms with Crippen LogP contribution < -0.4 is 5.32 Å². The third-order valence-corrected chi connectivity index (χ3v) is 3.65. The van der Waals surface area contributed by atoms with E-state index in [1.807, 2.05) is 18.3 Å². The second-order valence-electron chi connectivity index (χ2n) is 4.30. The smallest absolute Gasteiger partial charge is 0.0954 e. The lowest BCUT2D eigenvalue weighted by molar-refractivity contribution is 0.151. The number of nitrogens with one attached hydrogen (secondary N) is 1. The van der Waals surface area contributed by atoms with Crippen LogP contribution in [0.25, 0.3) is 0 Å². The monoisotopic (exact) mass is 256 g/mol. The summed E-state index contributed by atoms with van der Waals surface area (Å²) >= 11 is 1.82. The van der Waals surface area contributed by atoms with Crippen molar-refractivity contribution in [1.82, 2.24) is 10.3 Å². The zero-order valence-corrected chi connectivity index (χ0v) is 12.2. The van der Waals surface area contributed by atoms with E-state index in [1.54, 1.807) is 0 Å². The van der Waals surface area contributed by atoms with Gasteiger partial charge in [0.2, 0.25) is 0 Å². The van der Waals surface area contributed by atoms with Crippen LogP contribution in [-0.4, -0.2) is 24.7 Å². The van der Waals surface area contributed by atoms with Crippen LogP contribution >= 0.6 is 11.3 Å². The molecule has 0 aliphatic carbocycles. The molecule has 0 fully saturated rings. The molecular formula is C13H24N2OS. The lowest BCUT2D eigenvalue weighted by Gasteiger charge is -2.04. The van der Waals surface area contributed by atoms with Gasteiger partial charge in [-0.15, -0.1) is 11.3 Å². The standard InChI is InChI=1S/C13H24N2OS/c1-5-14-9-11-13(10(3)4)15-12(17-11)7-8-16-6-2/h10,14H,5-9H2,1-4H3. The SMILES string of the molecule is CCNCc1sc(CCOCC)nc1C(C)C. The third-order valence-electron chi connectivity index (χ3n) is 2.52. The lowest BCUT2D eigenvalue weighted by atomic mass is 10.1. The Kier molecular flexibility index (Phi) is 6.70. The Morgan fingerprint density at radius 2 is 2.12 bits per heavy atom. The predicted molar refractivity (Wildman–Crippen MR) is 73.8 cm³/mol. The highest BCUT2D eigenvalue weighted by Crippen LogP contribution is 2.25. The molecule has 1 rings (SSSR count). The Labute approximate surface area is 109 Å². The van der Waals surface area contributed by atoms with Gasteiger partial charge in [-0.1, -0.05) is 20.8 Å². The highest BCUT2D eigenvalue weighted by Gasteiger charge is 2.13. The Hall–Kier alpha value is -0.450. The fourth-order valence-corrected chi connectivity index (χ4v) is 2.81. The minimum Gasteiger partial charge on any atom is -0.381 e. The number of nitrogens with zero attached hydrogens (tertiary/aromatic N) is 1. The second kappa shape index (κ2) is 7.80. The maximum atomic E-state index is 5.38.